The van der Waals surface area contributed by atoms with Crippen molar-refractivity contribution in [2.75, 3.05) is 11.9 Å². The van der Waals surface area contributed by atoms with Crippen LogP contribution < -0.4 is 10.6 Å². The van der Waals surface area contributed by atoms with E-state index in [1.807, 2.05) is 38.2 Å². The Bertz CT molecular complexity index is 493. The summed E-state index contributed by atoms with van der Waals surface area (Å²) < 4.78 is 5.28. The van der Waals surface area contributed by atoms with Crippen LogP contribution in [0.1, 0.15) is 17.0 Å². The van der Waals surface area contributed by atoms with Crippen LogP contribution in [0.4, 0.5) is 5.82 Å². The standard InChI is InChI=1S/C13H17N3O/c1-10-11(6-7-17-10)9-16(2)13-5-3-4-12(8-14)15-13/h3-7H,8-9,14H2,1-2H3. The highest BCUT2D eigenvalue weighted by Gasteiger charge is 2.07. The highest BCUT2D eigenvalue weighted by Crippen LogP contribution is 2.16. The van der Waals surface area contributed by atoms with Gasteiger partial charge in [-0.15, -0.1) is 0 Å². The number of pyridine rings is 1. The molecule has 0 unspecified atom stereocenters. The summed E-state index contributed by atoms with van der Waals surface area (Å²) in [5, 5.41) is 0. The zero-order valence-electron chi connectivity index (χ0n) is 10.2. The monoisotopic (exact) mass is 231 g/mol. The van der Waals surface area contributed by atoms with Gasteiger partial charge in [0.25, 0.3) is 0 Å². The van der Waals surface area contributed by atoms with Crippen molar-refractivity contribution in [1.29, 1.82) is 0 Å². The lowest BCUT2D eigenvalue weighted by Crippen LogP contribution is -2.18. The van der Waals surface area contributed by atoms with Crippen LogP contribution in [0.2, 0.25) is 0 Å². The molecule has 0 saturated carbocycles. The zero-order chi connectivity index (χ0) is 12.3. The molecule has 4 nitrogen and oxygen atoms in total. The van der Waals surface area contributed by atoms with Crippen molar-refractivity contribution in [2.45, 2.75) is 20.0 Å². The van der Waals surface area contributed by atoms with E-state index in [0.29, 0.717) is 6.54 Å². The fourth-order valence-electron chi connectivity index (χ4n) is 1.71. The normalized spacial score (nSPS) is 10.5. The van der Waals surface area contributed by atoms with Crippen LogP contribution in [0.25, 0.3) is 0 Å². The zero-order valence-corrected chi connectivity index (χ0v) is 10.2. The molecule has 0 aliphatic heterocycles. The first kappa shape index (κ1) is 11.7. The molecule has 2 N–H and O–H groups in total. The number of anilines is 1. The maximum atomic E-state index is 5.58. The second-order valence-corrected chi connectivity index (χ2v) is 4.05. The van der Waals surface area contributed by atoms with E-state index in [2.05, 4.69) is 9.88 Å². The van der Waals surface area contributed by atoms with Gasteiger partial charge in [-0.3, -0.25) is 0 Å². The van der Waals surface area contributed by atoms with Crippen LogP contribution >= 0.6 is 0 Å². The Morgan fingerprint density at radius 1 is 1.35 bits per heavy atom. The second kappa shape index (κ2) is 5.01. The second-order valence-electron chi connectivity index (χ2n) is 4.05. The van der Waals surface area contributed by atoms with E-state index in [-0.39, 0.29) is 0 Å². The first-order valence-electron chi connectivity index (χ1n) is 5.61. The molecule has 0 bridgehead atoms. The van der Waals surface area contributed by atoms with Gasteiger partial charge in [0.15, 0.2) is 0 Å². The van der Waals surface area contributed by atoms with Crippen molar-refractivity contribution in [3.8, 4) is 0 Å². The van der Waals surface area contributed by atoms with Crippen LogP contribution in [0, 0.1) is 6.92 Å². The topological polar surface area (TPSA) is 55.3 Å². The molecule has 0 aromatic carbocycles. The van der Waals surface area contributed by atoms with Crippen molar-refractivity contribution in [2.24, 2.45) is 5.73 Å². The molecule has 0 aliphatic carbocycles. The lowest BCUT2D eigenvalue weighted by molar-refractivity contribution is 0.529. The maximum absolute atomic E-state index is 5.58. The van der Waals surface area contributed by atoms with E-state index in [0.717, 1.165) is 23.8 Å². The number of nitrogens with zero attached hydrogens (tertiary/aromatic N) is 2. The first-order valence-corrected chi connectivity index (χ1v) is 5.61. The number of rotatable bonds is 4. The van der Waals surface area contributed by atoms with E-state index >= 15 is 0 Å². The van der Waals surface area contributed by atoms with Gasteiger partial charge in [-0.05, 0) is 25.1 Å². The van der Waals surface area contributed by atoms with Crippen molar-refractivity contribution in [1.82, 2.24) is 4.98 Å². The van der Waals surface area contributed by atoms with Gasteiger partial charge in [-0.1, -0.05) is 6.07 Å². The average molecular weight is 231 g/mol. The van der Waals surface area contributed by atoms with Gasteiger partial charge in [0.2, 0.25) is 0 Å². The minimum Gasteiger partial charge on any atom is -0.469 e. The molecular weight excluding hydrogens is 214 g/mol. The van der Waals surface area contributed by atoms with Gasteiger partial charge < -0.3 is 15.1 Å². The van der Waals surface area contributed by atoms with E-state index < -0.39 is 0 Å². The number of hydrogen-bond acceptors (Lipinski definition) is 4. The summed E-state index contributed by atoms with van der Waals surface area (Å²) in [6, 6.07) is 7.87. The van der Waals surface area contributed by atoms with Crippen LogP contribution in [0.3, 0.4) is 0 Å². The van der Waals surface area contributed by atoms with Crippen LogP contribution in [-0.2, 0) is 13.1 Å². The van der Waals surface area contributed by atoms with Crippen LogP contribution in [-0.4, -0.2) is 12.0 Å². The molecule has 2 rings (SSSR count). The number of nitrogens with two attached hydrogens (primary N) is 1. The van der Waals surface area contributed by atoms with Crippen molar-refractivity contribution in [3.63, 3.8) is 0 Å². The molecule has 2 heterocycles. The molecule has 0 aliphatic rings. The maximum Gasteiger partial charge on any atom is 0.128 e. The molecule has 0 saturated heterocycles. The smallest absolute Gasteiger partial charge is 0.128 e. The minimum absolute atomic E-state index is 0.465. The predicted octanol–water partition coefficient (Wildman–Crippen LogP) is 2.08. The lowest BCUT2D eigenvalue weighted by atomic mass is 10.2. The minimum atomic E-state index is 0.465. The Morgan fingerprint density at radius 3 is 2.82 bits per heavy atom. The van der Waals surface area contributed by atoms with Gasteiger partial charge in [0, 0.05) is 25.7 Å². The summed E-state index contributed by atoms with van der Waals surface area (Å²) >= 11 is 0. The SMILES string of the molecule is Cc1occc1CN(C)c1cccc(CN)n1. The molecule has 0 amide bonds. The van der Waals surface area contributed by atoms with Gasteiger partial charge in [0.05, 0.1) is 12.0 Å². The van der Waals surface area contributed by atoms with Crippen LogP contribution in [0.5, 0.6) is 0 Å². The van der Waals surface area contributed by atoms with Gasteiger partial charge in [0.1, 0.15) is 11.6 Å². The fraction of sp³-hybridized carbons (Fsp3) is 0.308. The summed E-state index contributed by atoms with van der Waals surface area (Å²) in [6.45, 7) is 3.21. The Morgan fingerprint density at radius 2 is 2.18 bits per heavy atom. The molecule has 4 heteroatoms. The predicted molar refractivity (Wildman–Crippen MR) is 67.7 cm³/mol. The molecule has 0 fully saturated rings. The van der Waals surface area contributed by atoms with Gasteiger partial charge in [-0.25, -0.2) is 4.98 Å². The third-order valence-electron chi connectivity index (χ3n) is 2.77. The third-order valence-corrected chi connectivity index (χ3v) is 2.77. The first-order chi connectivity index (χ1) is 8.20. The van der Waals surface area contributed by atoms with Gasteiger partial charge >= 0.3 is 0 Å². The highest BCUT2D eigenvalue weighted by atomic mass is 16.3. The molecule has 2 aromatic rings. The molecule has 17 heavy (non-hydrogen) atoms. The summed E-state index contributed by atoms with van der Waals surface area (Å²) in [7, 11) is 2.01. The Labute approximate surface area is 101 Å². The molecule has 0 spiro atoms. The summed E-state index contributed by atoms with van der Waals surface area (Å²) in [4.78, 5) is 6.55. The fourth-order valence-corrected chi connectivity index (χ4v) is 1.71. The average Bonchev–Trinajstić information content (AvgIpc) is 2.75. The Kier molecular flexibility index (Phi) is 3.44. The molecule has 90 valence electrons. The van der Waals surface area contributed by atoms with Crippen molar-refractivity contribution in [3.05, 3.63) is 47.5 Å². The Hall–Kier alpha value is -1.81. The number of hydrogen-bond donors (Lipinski definition) is 1. The number of aryl methyl sites for hydroxylation is 1. The number of aromatic nitrogens is 1. The van der Waals surface area contributed by atoms with Crippen LogP contribution in [0.15, 0.2) is 34.9 Å². The number of furan rings is 1. The van der Waals surface area contributed by atoms with E-state index in [9.17, 15) is 0 Å². The van der Waals surface area contributed by atoms with E-state index in [1.165, 1.54) is 5.56 Å². The molecule has 0 atom stereocenters. The molecule has 0 radical (unpaired) electrons. The Balaban J connectivity index is 2.14. The largest absolute Gasteiger partial charge is 0.469 e. The molecule has 2 aromatic heterocycles. The lowest BCUT2D eigenvalue weighted by Gasteiger charge is -2.18. The summed E-state index contributed by atoms with van der Waals surface area (Å²) in [5.74, 6) is 1.88. The van der Waals surface area contributed by atoms with E-state index in [1.54, 1.807) is 6.26 Å². The summed E-state index contributed by atoms with van der Waals surface area (Å²) in [6.07, 6.45) is 1.71. The quantitative estimate of drug-likeness (QED) is 0.875. The van der Waals surface area contributed by atoms with Gasteiger partial charge in [-0.2, -0.15) is 0 Å². The highest BCUT2D eigenvalue weighted by molar-refractivity contribution is 5.39. The van der Waals surface area contributed by atoms with Crippen molar-refractivity contribution < 1.29 is 4.42 Å². The summed E-state index contributed by atoms with van der Waals surface area (Å²) in [5.41, 5.74) is 7.66. The molecular formula is C13H17N3O. The van der Waals surface area contributed by atoms with E-state index in [4.69, 9.17) is 10.2 Å². The van der Waals surface area contributed by atoms with Crippen molar-refractivity contribution >= 4 is 5.82 Å². The third kappa shape index (κ3) is 2.65.